The first-order valence-electron chi connectivity index (χ1n) is 22.1. The van der Waals surface area contributed by atoms with Gasteiger partial charge < -0.3 is 18.3 Å². The lowest BCUT2D eigenvalue weighted by molar-refractivity contribution is 0.269. The Labute approximate surface area is 368 Å². The van der Waals surface area contributed by atoms with Crippen LogP contribution in [0.5, 0.6) is 5.75 Å². The van der Waals surface area contributed by atoms with Crippen LogP contribution in [0.4, 0.5) is 0 Å². The van der Waals surface area contributed by atoms with Crippen molar-refractivity contribution in [1.82, 2.24) is 9.13 Å². The van der Waals surface area contributed by atoms with Crippen molar-refractivity contribution in [3.8, 4) is 39.4 Å². The molecule has 0 fully saturated rings. The van der Waals surface area contributed by atoms with E-state index in [4.69, 9.17) is 9.15 Å². The molecular weight excluding hydrogens is 781 g/mol. The van der Waals surface area contributed by atoms with Crippen LogP contribution in [0.3, 0.4) is 0 Å². The SMILES string of the molecule is C1=CC2Oc3cc4oc5ccc(-c6ccc7c(c6)c6ccccc6n7-c6ccccc6)cc5c4cc3C2C=C1c1cccc(-c2ccc3c(c2)c2ccccc2n3-c2ccccc2)c1. The van der Waals surface area contributed by atoms with Gasteiger partial charge in [0.05, 0.1) is 22.1 Å². The molecule has 9 aromatic carbocycles. The van der Waals surface area contributed by atoms with E-state index in [1.165, 1.54) is 82.7 Å². The summed E-state index contributed by atoms with van der Waals surface area (Å²) in [6.07, 6.45) is 6.78. The molecule has 0 saturated carbocycles. The maximum atomic E-state index is 6.61. The van der Waals surface area contributed by atoms with Gasteiger partial charge in [0.1, 0.15) is 23.0 Å². The third kappa shape index (κ3) is 5.29. The number of nitrogens with zero attached hydrogens (tertiary/aromatic N) is 2. The Morgan fingerprint density at radius 1 is 0.375 bits per heavy atom. The zero-order valence-electron chi connectivity index (χ0n) is 34.7. The topological polar surface area (TPSA) is 32.2 Å². The van der Waals surface area contributed by atoms with Crippen molar-refractivity contribution in [1.29, 1.82) is 0 Å². The second kappa shape index (κ2) is 13.6. The van der Waals surface area contributed by atoms with Gasteiger partial charge in [-0.25, -0.2) is 0 Å². The normalized spacial score (nSPS) is 15.7. The first-order chi connectivity index (χ1) is 31.7. The lowest BCUT2D eigenvalue weighted by atomic mass is 9.86. The summed E-state index contributed by atoms with van der Waals surface area (Å²) in [6, 6.07) is 72.4. The number of benzene rings is 9. The minimum atomic E-state index is -0.0654. The molecule has 14 rings (SSSR count). The van der Waals surface area contributed by atoms with E-state index in [-0.39, 0.29) is 12.0 Å². The fourth-order valence-corrected chi connectivity index (χ4v) is 10.6. The summed E-state index contributed by atoms with van der Waals surface area (Å²) < 4.78 is 17.8. The van der Waals surface area contributed by atoms with Gasteiger partial charge in [0.25, 0.3) is 0 Å². The highest BCUT2D eigenvalue weighted by Gasteiger charge is 2.34. The highest BCUT2D eigenvalue weighted by atomic mass is 16.5. The summed E-state index contributed by atoms with van der Waals surface area (Å²) in [5.41, 5.74) is 17.2. The molecule has 0 spiro atoms. The molecular formula is C60H38N2O2. The molecule has 4 heteroatoms. The molecule has 0 N–H and O–H groups in total. The van der Waals surface area contributed by atoms with Gasteiger partial charge in [-0.2, -0.15) is 0 Å². The molecule has 300 valence electrons. The monoisotopic (exact) mass is 818 g/mol. The Bertz CT molecular complexity index is 3940. The minimum Gasteiger partial charge on any atom is -0.485 e. The summed E-state index contributed by atoms with van der Waals surface area (Å²) >= 11 is 0. The van der Waals surface area contributed by atoms with Crippen molar-refractivity contribution in [2.24, 2.45) is 0 Å². The van der Waals surface area contributed by atoms with Crippen LogP contribution in [0.15, 0.2) is 223 Å². The number of ether oxygens (including phenoxy) is 1. The molecule has 0 bridgehead atoms. The fourth-order valence-electron chi connectivity index (χ4n) is 10.6. The Kier molecular flexibility index (Phi) is 7.48. The number of allylic oxidation sites excluding steroid dienone is 2. The Morgan fingerprint density at radius 3 is 1.56 bits per heavy atom. The fraction of sp³-hybridized carbons (Fsp3) is 0.0333. The third-order valence-electron chi connectivity index (χ3n) is 13.6. The third-order valence-corrected chi connectivity index (χ3v) is 13.6. The summed E-state index contributed by atoms with van der Waals surface area (Å²) in [5, 5.41) is 7.20. The van der Waals surface area contributed by atoms with Crippen molar-refractivity contribution < 1.29 is 9.15 Å². The van der Waals surface area contributed by atoms with E-state index in [1.54, 1.807) is 0 Å². The van der Waals surface area contributed by atoms with Crippen LogP contribution in [0.2, 0.25) is 0 Å². The molecule has 4 heterocycles. The molecule has 0 radical (unpaired) electrons. The van der Waals surface area contributed by atoms with E-state index in [9.17, 15) is 0 Å². The Morgan fingerprint density at radius 2 is 0.906 bits per heavy atom. The molecule has 4 nitrogen and oxygen atoms in total. The molecule has 1 aliphatic heterocycles. The summed E-state index contributed by atoms with van der Waals surface area (Å²) in [5.74, 6) is 0.974. The van der Waals surface area contributed by atoms with E-state index in [0.717, 1.165) is 38.9 Å². The molecule has 2 atom stereocenters. The van der Waals surface area contributed by atoms with Crippen LogP contribution < -0.4 is 4.74 Å². The van der Waals surface area contributed by atoms with Crippen molar-refractivity contribution in [2.45, 2.75) is 12.0 Å². The zero-order chi connectivity index (χ0) is 41.9. The van der Waals surface area contributed by atoms with E-state index in [1.807, 2.05) is 0 Å². The second-order valence-electron chi connectivity index (χ2n) is 17.2. The van der Waals surface area contributed by atoms with Crippen LogP contribution in [-0.2, 0) is 0 Å². The van der Waals surface area contributed by atoms with Gasteiger partial charge in [-0.3, -0.25) is 0 Å². The lowest BCUT2D eigenvalue weighted by Crippen LogP contribution is -2.16. The van der Waals surface area contributed by atoms with Gasteiger partial charge in [-0.1, -0.05) is 121 Å². The van der Waals surface area contributed by atoms with Gasteiger partial charge in [-0.15, -0.1) is 0 Å². The summed E-state index contributed by atoms with van der Waals surface area (Å²) in [7, 11) is 0. The van der Waals surface area contributed by atoms with Crippen molar-refractivity contribution >= 4 is 71.1 Å². The maximum Gasteiger partial charge on any atom is 0.139 e. The smallest absolute Gasteiger partial charge is 0.139 e. The Balaban J connectivity index is 0.820. The maximum absolute atomic E-state index is 6.61. The van der Waals surface area contributed by atoms with Gasteiger partial charge in [0, 0.05) is 61.2 Å². The molecule has 3 aromatic heterocycles. The predicted molar refractivity (Wildman–Crippen MR) is 264 cm³/mol. The lowest BCUT2D eigenvalue weighted by Gasteiger charge is -2.19. The predicted octanol–water partition coefficient (Wildman–Crippen LogP) is 15.6. The highest BCUT2D eigenvalue weighted by Crippen LogP contribution is 2.48. The highest BCUT2D eigenvalue weighted by molar-refractivity contribution is 6.12. The zero-order valence-corrected chi connectivity index (χ0v) is 34.7. The molecule has 2 aliphatic rings. The molecule has 1 aliphatic carbocycles. The van der Waals surface area contributed by atoms with Crippen LogP contribution in [0.25, 0.3) is 105 Å². The molecule has 64 heavy (non-hydrogen) atoms. The van der Waals surface area contributed by atoms with E-state index in [2.05, 4.69) is 228 Å². The first kappa shape index (κ1) is 35.3. The number of hydrogen-bond acceptors (Lipinski definition) is 2. The summed E-state index contributed by atoms with van der Waals surface area (Å²) in [6.45, 7) is 0. The summed E-state index contributed by atoms with van der Waals surface area (Å²) in [4.78, 5) is 0. The Hall–Kier alpha value is -8.34. The molecule has 0 saturated heterocycles. The number of fused-ring (bicyclic) bond motifs is 12. The van der Waals surface area contributed by atoms with E-state index in [0.29, 0.717) is 0 Å². The largest absolute Gasteiger partial charge is 0.485 e. The van der Waals surface area contributed by atoms with Crippen LogP contribution >= 0.6 is 0 Å². The number of aromatic nitrogens is 2. The minimum absolute atomic E-state index is 0.0654. The quantitative estimate of drug-likeness (QED) is 0.173. The van der Waals surface area contributed by atoms with E-state index < -0.39 is 0 Å². The number of hydrogen-bond donors (Lipinski definition) is 0. The van der Waals surface area contributed by atoms with Crippen LogP contribution in [0.1, 0.15) is 17.0 Å². The van der Waals surface area contributed by atoms with Gasteiger partial charge in [0.2, 0.25) is 0 Å². The average molecular weight is 819 g/mol. The number of rotatable bonds is 5. The molecule has 12 aromatic rings. The van der Waals surface area contributed by atoms with Gasteiger partial charge in [-0.05, 0) is 124 Å². The van der Waals surface area contributed by atoms with Gasteiger partial charge >= 0.3 is 0 Å². The second-order valence-corrected chi connectivity index (χ2v) is 17.2. The van der Waals surface area contributed by atoms with Crippen molar-refractivity contribution in [3.63, 3.8) is 0 Å². The number of para-hydroxylation sites is 4. The molecule has 2 unspecified atom stereocenters. The van der Waals surface area contributed by atoms with Crippen molar-refractivity contribution in [3.05, 3.63) is 230 Å². The van der Waals surface area contributed by atoms with Crippen LogP contribution in [-0.4, -0.2) is 15.2 Å². The first-order valence-corrected chi connectivity index (χ1v) is 22.1. The number of furan rings is 1. The van der Waals surface area contributed by atoms with Gasteiger partial charge in [0.15, 0.2) is 0 Å². The van der Waals surface area contributed by atoms with E-state index >= 15 is 0 Å². The standard InChI is InChI=1S/C60H38N2O2/c1-3-14-43(15-4-1)61-53-20-9-7-18-45(53)47-31-39(22-26-55(47)61)37-12-11-13-38(30-37)41-24-28-57-49(33-41)51-35-52-50-34-42(25-29-58(50)64-60(52)36-59(51)63-57)40-23-27-56-48(32-40)46-19-8-10-21-54(46)62(56)44-16-5-2-6-17-44/h1-36,49,57H. The van der Waals surface area contributed by atoms with Crippen LogP contribution in [0, 0.1) is 0 Å². The van der Waals surface area contributed by atoms with Crippen molar-refractivity contribution in [2.75, 3.05) is 0 Å². The average Bonchev–Trinajstić information content (AvgIpc) is 4.10. The molecule has 0 amide bonds.